The molecule has 1 aromatic rings. The van der Waals surface area contributed by atoms with Gasteiger partial charge in [-0.2, -0.15) is 0 Å². The molecule has 2 saturated heterocycles. The predicted octanol–water partition coefficient (Wildman–Crippen LogP) is 1.80. The van der Waals surface area contributed by atoms with Gasteiger partial charge in [0.2, 0.25) is 0 Å². The van der Waals surface area contributed by atoms with Crippen LogP contribution in [0.3, 0.4) is 0 Å². The van der Waals surface area contributed by atoms with Gasteiger partial charge in [0.1, 0.15) is 0 Å². The van der Waals surface area contributed by atoms with Gasteiger partial charge in [0, 0.05) is 18.2 Å². The maximum absolute atomic E-state index is 5.13. The molecule has 0 atom stereocenters. The molecule has 3 nitrogen and oxygen atoms in total. The Morgan fingerprint density at radius 3 is 2.54 bits per heavy atom. The molecule has 0 unspecified atom stereocenters. The minimum Gasteiger partial charge on any atom is -0.360 e. The van der Waals surface area contributed by atoms with E-state index < -0.39 is 0 Å². The van der Waals surface area contributed by atoms with Crippen LogP contribution < -0.4 is 0 Å². The summed E-state index contributed by atoms with van der Waals surface area (Å²) in [6, 6.07) is 3.63. The zero-order valence-corrected chi connectivity index (χ0v) is 7.65. The van der Waals surface area contributed by atoms with E-state index in [0.29, 0.717) is 0 Å². The zero-order chi connectivity index (χ0) is 8.67. The number of hydrogen-bond acceptors (Lipinski definition) is 3. The fourth-order valence-electron chi connectivity index (χ4n) is 2.78. The summed E-state index contributed by atoms with van der Waals surface area (Å²) < 4.78 is 5.13. The van der Waals surface area contributed by atoms with E-state index in [1.807, 2.05) is 6.07 Å². The van der Waals surface area contributed by atoms with Gasteiger partial charge in [-0.15, -0.1) is 0 Å². The van der Waals surface area contributed by atoms with Crippen molar-refractivity contribution in [1.29, 1.82) is 0 Å². The second kappa shape index (κ2) is 2.84. The predicted molar refractivity (Wildman–Crippen MR) is 48.1 cm³/mol. The van der Waals surface area contributed by atoms with E-state index in [0.717, 1.165) is 24.4 Å². The average molecular weight is 178 g/mol. The summed E-state index contributed by atoms with van der Waals surface area (Å²) in [5.74, 6) is 1.01. The molecule has 2 aliphatic heterocycles. The summed E-state index contributed by atoms with van der Waals surface area (Å²) in [4.78, 5) is 2.58. The summed E-state index contributed by atoms with van der Waals surface area (Å²) in [5, 5.41) is 3.73. The van der Waals surface area contributed by atoms with Crippen molar-refractivity contribution in [3.63, 3.8) is 0 Å². The fraction of sp³-hybridized carbons (Fsp3) is 0.700. The van der Waals surface area contributed by atoms with Gasteiger partial charge in [0.15, 0.2) is 5.76 Å². The van der Waals surface area contributed by atoms with Crippen LogP contribution in [0.1, 0.15) is 31.4 Å². The summed E-state index contributed by atoms with van der Waals surface area (Å²) >= 11 is 0. The largest absolute Gasteiger partial charge is 0.360 e. The highest BCUT2D eigenvalue weighted by Crippen LogP contribution is 2.38. The highest BCUT2D eigenvalue weighted by molar-refractivity contribution is 5.00. The van der Waals surface area contributed by atoms with Crippen LogP contribution in [-0.2, 0) is 6.54 Å². The normalized spacial score (nSPS) is 32.9. The number of fused-ring (bicyclic) bond motifs is 2. The van der Waals surface area contributed by atoms with E-state index in [1.165, 1.54) is 25.7 Å². The van der Waals surface area contributed by atoms with Crippen LogP contribution in [0.4, 0.5) is 0 Å². The Kier molecular flexibility index (Phi) is 1.65. The van der Waals surface area contributed by atoms with E-state index in [2.05, 4.69) is 10.1 Å². The molecule has 1 aromatic heterocycles. The van der Waals surface area contributed by atoms with Crippen LogP contribution in [-0.4, -0.2) is 22.1 Å². The molecule has 3 heterocycles. The molecular formula is C10H14N2O. The van der Waals surface area contributed by atoms with Crippen molar-refractivity contribution in [3.05, 3.63) is 18.0 Å². The lowest BCUT2D eigenvalue weighted by Crippen LogP contribution is -2.27. The first kappa shape index (κ1) is 7.56. The zero-order valence-electron chi connectivity index (χ0n) is 7.65. The Balaban J connectivity index is 1.73. The molecular weight excluding hydrogens is 164 g/mol. The maximum Gasteiger partial charge on any atom is 0.150 e. The number of aromatic nitrogens is 1. The summed E-state index contributed by atoms with van der Waals surface area (Å²) in [6.45, 7) is 0.968. The van der Waals surface area contributed by atoms with Gasteiger partial charge in [0.25, 0.3) is 0 Å². The molecule has 70 valence electrons. The molecule has 0 N–H and O–H groups in total. The number of hydrogen-bond donors (Lipinski definition) is 0. The molecule has 3 heteroatoms. The quantitative estimate of drug-likeness (QED) is 0.691. The first-order valence-corrected chi connectivity index (χ1v) is 5.09. The molecule has 2 fully saturated rings. The van der Waals surface area contributed by atoms with Crippen molar-refractivity contribution in [3.8, 4) is 0 Å². The van der Waals surface area contributed by atoms with E-state index in [1.54, 1.807) is 6.20 Å². The Morgan fingerprint density at radius 2 is 2.00 bits per heavy atom. The monoisotopic (exact) mass is 178 g/mol. The van der Waals surface area contributed by atoms with Crippen LogP contribution in [0.25, 0.3) is 0 Å². The van der Waals surface area contributed by atoms with Crippen LogP contribution >= 0.6 is 0 Å². The van der Waals surface area contributed by atoms with E-state index >= 15 is 0 Å². The van der Waals surface area contributed by atoms with Crippen molar-refractivity contribution in [2.75, 3.05) is 0 Å². The molecule has 0 aromatic carbocycles. The van der Waals surface area contributed by atoms with Crippen molar-refractivity contribution in [1.82, 2.24) is 10.1 Å². The Labute approximate surface area is 77.7 Å². The van der Waals surface area contributed by atoms with E-state index in [4.69, 9.17) is 4.52 Å². The topological polar surface area (TPSA) is 29.3 Å². The van der Waals surface area contributed by atoms with Gasteiger partial charge in [-0.25, -0.2) is 0 Å². The summed E-state index contributed by atoms with van der Waals surface area (Å²) in [6.07, 6.45) is 7.28. The van der Waals surface area contributed by atoms with E-state index in [-0.39, 0.29) is 0 Å². The minimum absolute atomic E-state index is 0.829. The molecule has 13 heavy (non-hydrogen) atoms. The lowest BCUT2D eigenvalue weighted by molar-refractivity contribution is 0.213. The second-order valence-corrected chi connectivity index (χ2v) is 4.11. The van der Waals surface area contributed by atoms with Crippen LogP contribution in [0.2, 0.25) is 0 Å². The lowest BCUT2D eigenvalue weighted by atomic mass is 10.0. The molecule has 0 spiro atoms. The van der Waals surface area contributed by atoms with Crippen molar-refractivity contribution >= 4 is 0 Å². The summed E-state index contributed by atoms with van der Waals surface area (Å²) in [5.41, 5.74) is 0. The second-order valence-electron chi connectivity index (χ2n) is 4.11. The number of rotatable bonds is 2. The molecule has 0 amide bonds. The van der Waals surface area contributed by atoms with Gasteiger partial charge in [-0.1, -0.05) is 5.16 Å². The van der Waals surface area contributed by atoms with Crippen LogP contribution in [0.5, 0.6) is 0 Å². The van der Waals surface area contributed by atoms with Crippen LogP contribution in [0, 0.1) is 0 Å². The Morgan fingerprint density at radius 1 is 1.31 bits per heavy atom. The Bertz CT molecular complexity index is 263. The van der Waals surface area contributed by atoms with Crippen LogP contribution in [0.15, 0.2) is 16.8 Å². The minimum atomic E-state index is 0.829. The number of nitrogens with zero attached hydrogens (tertiary/aromatic N) is 2. The first-order valence-electron chi connectivity index (χ1n) is 5.09. The Hall–Kier alpha value is -0.830. The molecule has 2 aliphatic rings. The highest BCUT2D eigenvalue weighted by Gasteiger charge is 2.39. The molecule has 0 saturated carbocycles. The molecule has 0 aliphatic carbocycles. The molecule has 2 bridgehead atoms. The third-order valence-corrected chi connectivity index (χ3v) is 3.43. The van der Waals surface area contributed by atoms with Gasteiger partial charge >= 0.3 is 0 Å². The molecule has 3 rings (SSSR count). The van der Waals surface area contributed by atoms with Crippen molar-refractivity contribution in [2.24, 2.45) is 0 Å². The van der Waals surface area contributed by atoms with Crippen molar-refractivity contribution in [2.45, 2.75) is 44.3 Å². The molecule has 0 radical (unpaired) electrons. The van der Waals surface area contributed by atoms with Gasteiger partial charge in [-0.3, -0.25) is 4.90 Å². The smallest absolute Gasteiger partial charge is 0.150 e. The fourth-order valence-corrected chi connectivity index (χ4v) is 2.78. The SMILES string of the molecule is c1cc(CN2C3CCC2CC3)on1. The lowest BCUT2D eigenvalue weighted by Gasteiger charge is -2.19. The standard InChI is InChI=1S/C10H14N2O/c1-2-9-4-3-8(1)12(9)7-10-5-6-11-13-10/h5-6,8-9H,1-4,7H2. The van der Waals surface area contributed by atoms with Crippen molar-refractivity contribution < 1.29 is 4.52 Å². The van der Waals surface area contributed by atoms with Gasteiger partial charge in [0.05, 0.1) is 12.7 Å². The van der Waals surface area contributed by atoms with E-state index in [9.17, 15) is 0 Å². The summed E-state index contributed by atoms with van der Waals surface area (Å²) in [7, 11) is 0. The third-order valence-electron chi connectivity index (χ3n) is 3.43. The first-order chi connectivity index (χ1) is 6.43. The average Bonchev–Trinajstić information content (AvgIpc) is 2.85. The highest BCUT2D eigenvalue weighted by atomic mass is 16.5. The third kappa shape index (κ3) is 1.18. The van der Waals surface area contributed by atoms with Gasteiger partial charge in [-0.05, 0) is 25.7 Å². The van der Waals surface area contributed by atoms with Gasteiger partial charge < -0.3 is 4.52 Å². The maximum atomic E-state index is 5.13.